The molecule has 6 nitrogen and oxygen atoms in total. The molecule has 120 valence electrons. The molecule has 0 amide bonds. The lowest BCUT2D eigenvalue weighted by Gasteiger charge is -2.30. The topological polar surface area (TPSA) is 58.4 Å². The van der Waals surface area contributed by atoms with Crippen LogP contribution in [0.15, 0.2) is 12.4 Å². The minimum absolute atomic E-state index is 0.385. The van der Waals surface area contributed by atoms with Crippen LogP contribution in [0.5, 0.6) is 0 Å². The minimum atomic E-state index is 0.385. The molecule has 0 radical (unpaired) electrons. The Morgan fingerprint density at radius 2 is 2.27 bits per heavy atom. The van der Waals surface area contributed by atoms with Crippen LogP contribution in [0, 0.1) is 5.92 Å². The minimum Gasteiger partial charge on any atom is -0.381 e. The lowest BCUT2D eigenvalue weighted by atomic mass is 10.0. The molecule has 0 aliphatic carbocycles. The first-order chi connectivity index (χ1) is 10.6. The van der Waals surface area contributed by atoms with Gasteiger partial charge >= 0.3 is 0 Å². The third-order valence-electron chi connectivity index (χ3n) is 4.36. The van der Waals surface area contributed by atoms with Gasteiger partial charge in [0.25, 0.3) is 0 Å². The van der Waals surface area contributed by atoms with Crippen LogP contribution in [0.1, 0.15) is 45.2 Å². The van der Waals surface area contributed by atoms with Crippen LogP contribution in [0.25, 0.3) is 5.65 Å². The first kappa shape index (κ1) is 15.2. The zero-order valence-corrected chi connectivity index (χ0v) is 13.8. The van der Waals surface area contributed by atoms with Gasteiger partial charge in [0, 0.05) is 19.6 Å². The van der Waals surface area contributed by atoms with Gasteiger partial charge < -0.3 is 10.2 Å². The summed E-state index contributed by atoms with van der Waals surface area (Å²) in [6.07, 6.45) is 4.35. The van der Waals surface area contributed by atoms with Gasteiger partial charge in [0.1, 0.15) is 6.33 Å². The van der Waals surface area contributed by atoms with Crippen molar-refractivity contribution in [1.82, 2.24) is 24.7 Å². The SMILES string of the molecule is CC1CCCN(CCNc2cc(C(C)C)nn3cnnc23)C1. The van der Waals surface area contributed by atoms with Crippen LogP contribution in [0.3, 0.4) is 0 Å². The van der Waals surface area contributed by atoms with Crippen molar-refractivity contribution in [3.63, 3.8) is 0 Å². The van der Waals surface area contributed by atoms with E-state index in [9.17, 15) is 0 Å². The van der Waals surface area contributed by atoms with E-state index in [1.54, 1.807) is 10.8 Å². The smallest absolute Gasteiger partial charge is 0.200 e. The van der Waals surface area contributed by atoms with Gasteiger partial charge in [-0.05, 0) is 37.3 Å². The summed E-state index contributed by atoms with van der Waals surface area (Å²) in [6.45, 7) is 11.1. The number of fused-ring (bicyclic) bond motifs is 1. The Bertz CT molecular complexity index is 620. The summed E-state index contributed by atoms with van der Waals surface area (Å²) in [5, 5.41) is 16.2. The van der Waals surface area contributed by atoms with Crippen molar-refractivity contribution < 1.29 is 0 Å². The summed E-state index contributed by atoms with van der Waals surface area (Å²) in [6, 6.07) is 2.10. The van der Waals surface area contributed by atoms with Crippen molar-refractivity contribution in [3.05, 3.63) is 18.1 Å². The molecule has 0 aromatic carbocycles. The highest BCUT2D eigenvalue weighted by atomic mass is 15.3. The van der Waals surface area contributed by atoms with Gasteiger partial charge in [-0.25, -0.2) is 0 Å². The van der Waals surface area contributed by atoms with Crippen LogP contribution >= 0.6 is 0 Å². The van der Waals surface area contributed by atoms with Crippen molar-refractivity contribution >= 4 is 11.3 Å². The van der Waals surface area contributed by atoms with Crippen LogP contribution in [-0.4, -0.2) is 50.9 Å². The summed E-state index contributed by atoms with van der Waals surface area (Å²) in [4.78, 5) is 2.55. The number of hydrogen-bond acceptors (Lipinski definition) is 5. The van der Waals surface area contributed by atoms with E-state index in [1.807, 2.05) is 0 Å². The van der Waals surface area contributed by atoms with E-state index in [1.165, 1.54) is 25.9 Å². The van der Waals surface area contributed by atoms with Crippen LogP contribution in [0.4, 0.5) is 5.69 Å². The van der Waals surface area contributed by atoms with Gasteiger partial charge in [-0.3, -0.25) is 0 Å². The van der Waals surface area contributed by atoms with Crippen LogP contribution < -0.4 is 5.32 Å². The van der Waals surface area contributed by atoms with Gasteiger partial charge in [0.2, 0.25) is 5.65 Å². The second-order valence-electron chi connectivity index (χ2n) is 6.71. The van der Waals surface area contributed by atoms with Crippen molar-refractivity contribution in [3.8, 4) is 0 Å². The largest absolute Gasteiger partial charge is 0.381 e. The van der Waals surface area contributed by atoms with Gasteiger partial charge in [-0.2, -0.15) is 9.61 Å². The maximum atomic E-state index is 4.54. The molecule has 0 spiro atoms. The molecule has 0 bridgehead atoms. The monoisotopic (exact) mass is 302 g/mol. The average Bonchev–Trinajstić information content (AvgIpc) is 2.95. The molecule has 1 N–H and O–H groups in total. The van der Waals surface area contributed by atoms with Crippen LogP contribution in [0.2, 0.25) is 0 Å². The number of anilines is 1. The fraction of sp³-hybridized carbons (Fsp3) is 0.688. The maximum absolute atomic E-state index is 4.54. The van der Waals surface area contributed by atoms with E-state index in [4.69, 9.17) is 0 Å². The first-order valence-electron chi connectivity index (χ1n) is 8.30. The Labute approximate surface area is 131 Å². The Kier molecular flexibility index (Phi) is 4.57. The first-order valence-corrected chi connectivity index (χ1v) is 8.30. The molecular weight excluding hydrogens is 276 g/mol. The molecule has 22 heavy (non-hydrogen) atoms. The van der Waals surface area contributed by atoms with Gasteiger partial charge in [0.05, 0.1) is 11.4 Å². The highest BCUT2D eigenvalue weighted by molar-refractivity contribution is 5.66. The van der Waals surface area contributed by atoms with Crippen molar-refractivity contribution in [2.45, 2.75) is 39.5 Å². The zero-order chi connectivity index (χ0) is 15.5. The Hall–Kier alpha value is -1.69. The lowest BCUT2D eigenvalue weighted by Crippen LogP contribution is -2.37. The molecule has 1 saturated heterocycles. The Morgan fingerprint density at radius 1 is 1.41 bits per heavy atom. The number of nitrogens with one attached hydrogen (secondary N) is 1. The van der Waals surface area contributed by atoms with Crippen molar-refractivity contribution in [1.29, 1.82) is 0 Å². The highest BCUT2D eigenvalue weighted by Crippen LogP contribution is 2.20. The van der Waals surface area contributed by atoms with E-state index in [-0.39, 0.29) is 0 Å². The molecular formula is C16H26N6. The molecule has 3 heterocycles. The quantitative estimate of drug-likeness (QED) is 0.919. The fourth-order valence-corrected chi connectivity index (χ4v) is 3.10. The standard InChI is InChI=1S/C16H26N6/c1-12(2)14-9-15(16-19-18-11-22(16)20-14)17-6-8-21-7-4-5-13(3)10-21/h9,11-13,17H,4-8,10H2,1-3H3. The fourth-order valence-electron chi connectivity index (χ4n) is 3.10. The number of piperidine rings is 1. The second-order valence-corrected chi connectivity index (χ2v) is 6.71. The van der Waals surface area contributed by atoms with E-state index >= 15 is 0 Å². The molecule has 1 aliphatic rings. The molecule has 6 heteroatoms. The summed E-state index contributed by atoms with van der Waals surface area (Å²) in [5.41, 5.74) is 2.89. The number of aromatic nitrogens is 4. The summed E-state index contributed by atoms with van der Waals surface area (Å²) < 4.78 is 1.76. The number of likely N-dealkylation sites (tertiary alicyclic amines) is 1. The number of hydrogen-bond donors (Lipinski definition) is 1. The van der Waals surface area contributed by atoms with Crippen molar-refractivity contribution in [2.75, 3.05) is 31.5 Å². The summed E-state index contributed by atoms with van der Waals surface area (Å²) >= 11 is 0. The van der Waals surface area contributed by atoms with E-state index in [0.717, 1.165) is 36.0 Å². The molecule has 2 aromatic heterocycles. The molecule has 0 saturated carbocycles. The highest BCUT2D eigenvalue weighted by Gasteiger charge is 2.16. The third kappa shape index (κ3) is 3.38. The molecule has 3 rings (SSSR count). The van der Waals surface area contributed by atoms with Gasteiger partial charge in [-0.1, -0.05) is 20.8 Å². The van der Waals surface area contributed by atoms with E-state index in [2.05, 4.69) is 52.4 Å². The Balaban J connectivity index is 1.66. The molecule has 1 aliphatic heterocycles. The maximum Gasteiger partial charge on any atom is 0.200 e. The predicted octanol–water partition coefficient (Wildman–Crippen LogP) is 2.39. The van der Waals surface area contributed by atoms with Crippen LogP contribution in [-0.2, 0) is 0 Å². The predicted molar refractivity (Wildman–Crippen MR) is 88.2 cm³/mol. The molecule has 1 atom stereocenters. The van der Waals surface area contributed by atoms with E-state index in [0.29, 0.717) is 5.92 Å². The molecule has 1 fully saturated rings. The number of nitrogens with zero attached hydrogens (tertiary/aromatic N) is 5. The van der Waals surface area contributed by atoms with Crippen molar-refractivity contribution in [2.24, 2.45) is 5.92 Å². The average molecular weight is 302 g/mol. The van der Waals surface area contributed by atoms with Gasteiger partial charge in [-0.15, -0.1) is 10.2 Å². The van der Waals surface area contributed by atoms with Gasteiger partial charge in [0.15, 0.2) is 0 Å². The normalized spacial score (nSPS) is 19.9. The third-order valence-corrected chi connectivity index (χ3v) is 4.36. The molecule has 2 aromatic rings. The summed E-state index contributed by atoms with van der Waals surface area (Å²) in [7, 11) is 0. The summed E-state index contributed by atoms with van der Waals surface area (Å²) in [5.74, 6) is 1.21. The van der Waals surface area contributed by atoms with E-state index < -0.39 is 0 Å². The Morgan fingerprint density at radius 3 is 3.05 bits per heavy atom. The molecule has 1 unspecified atom stereocenters. The second kappa shape index (κ2) is 6.60. The lowest BCUT2D eigenvalue weighted by molar-refractivity contribution is 0.190. The number of rotatable bonds is 5. The zero-order valence-electron chi connectivity index (χ0n) is 13.8.